The van der Waals surface area contributed by atoms with Crippen molar-refractivity contribution in [2.24, 2.45) is 0 Å². The Morgan fingerprint density at radius 1 is 1.08 bits per heavy atom. The molecule has 1 spiro atoms. The first-order chi connectivity index (χ1) is 18.0. The SMILES string of the molecule is Cc1ccc(F)cc1[C@H]1CC(=O)N(CC(=O)N(C)C)[C@H](c2cccc(Cl)c2)[C@]12C(=O)Nc1cc(Cl)ccc12. The van der Waals surface area contributed by atoms with E-state index in [0.29, 0.717) is 32.4 Å². The average Bonchev–Trinajstić information content (AvgIpc) is 3.13. The second kappa shape index (κ2) is 9.71. The lowest BCUT2D eigenvalue weighted by Crippen LogP contribution is -2.59. The second-order valence-electron chi connectivity index (χ2n) is 10.0. The lowest BCUT2D eigenvalue weighted by molar-refractivity contribution is -0.150. The fourth-order valence-corrected chi connectivity index (χ4v) is 6.28. The number of rotatable bonds is 4. The van der Waals surface area contributed by atoms with Crippen LogP contribution in [0.1, 0.15) is 40.6 Å². The number of hydrogen-bond acceptors (Lipinski definition) is 3. The molecule has 2 aliphatic rings. The molecule has 0 saturated carbocycles. The molecule has 38 heavy (non-hydrogen) atoms. The number of anilines is 1. The van der Waals surface area contributed by atoms with Crippen LogP contribution in [0.2, 0.25) is 10.0 Å². The van der Waals surface area contributed by atoms with E-state index in [0.717, 1.165) is 5.56 Å². The van der Waals surface area contributed by atoms with Gasteiger partial charge in [-0.15, -0.1) is 0 Å². The van der Waals surface area contributed by atoms with E-state index in [4.69, 9.17) is 23.2 Å². The molecule has 6 nitrogen and oxygen atoms in total. The van der Waals surface area contributed by atoms with E-state index in [1.807, 2.05) is 6.92 Å². The topological polar surface area (TPSA) is 69.7 Å². The van der Waals surface area contributed by atoms with Gasteiger partial charge < -0.3 is 15.1 Å². The number of nitrogens with zero attached hydrogens (tertiary/aromatic N) is 2. The van der Waals surface area contributed by atoms with Crippen molar-refractivity contribution in [1.82, 2.24) is 9.80 Å². The van der Waals surface area contributed by atoms with Crippen LogP contribution < -0.4 is 5.32 Å². The lowest BCUT2D eigenvalue weighted by Gasteiger charge is -2.51. The van der Waals surface area contributed by atoms with Crippen LogP contribution in [0.4, 0.5) is 10.1 Å². The van der Waals surface area contributed by atoms with E-state index in [1.54, 1.807) is 62.6 Å². The largest absolute Gasteiger partial charge is 0.347 e. The molecule has 0 bridgehead atoms. The number of benzene rings is 3. The van der Waals surface area contributed by atoms with Gasteiger partial charge in [-0.2, -0.15) is 0 Å². The Balaban J connectivity index is 1.86. The van der Waals surface area contributed by atoms with Crippen LogP contribution in [-0.2, 0) is 19.8 Å². The normalized spacial score (nSPS) is 22.4. The minimum absolute atomic E-state index is 0.0996. The Kier molecular flexibility index (Phi) is 6.70. The van der Waals surface area contributed by atoms with E-state index in [9.17, 15) is 18.8 Å². The van der Waals surface area contributed by atoms with Gasteiger partial charge in [0.2, 0.25) is 17.7 Å². The number of likely N-dealkylation sites (tertiary alicyclic amines) is 1. The number of carbonyl (C=O) groups is 3. The molecule has 2 aliphatic heterocycles. The third-order valence-corrected chi connectivity index (χ3v) is 8.10. The van der Waals surface area contributed by atoms with Gasteiger partial charge in [-0.05, 0) is 65.6 Å². The lowest BCUT2D eigenvalue weighted by atomic mass is 9.58. The summed E-state index contributed by atoms with van der Waals surface area (Å²) in [5.41, 5.74) is 1.64. The Morgan fingerprint density at radius 2 is 1.82 bits per heavy atom. The molecule has 3 aromatic rings. The first kappa shape index (κ1) is 26.2. The molecule has 3 aromatic carbocycles. The van der Waals surface area contributed by atoms with E-state index in [1.165, 1.54) is 21.9 Å². The maximum absolute atomic E-state index is 14.7. The van der Waals surface area contributed by atoms with Gasteiger partial charge in [0.15, 0.2) is 0 Å². The van der Waals surface area contributed by atoms with Gasteiger partial charge >= 0.3 is 0 Å². The Bertz CT molecular complexity index is 1480. The van der Waals surface area contributed by atoms with Crippen LogP contribution in [0.3, 0.4) is 0 Å². The van der Waals surface area contributed by atoms with Gasteiger partial charge in [-0.1, -0.05) is 47.5 Å². The molecular weight excluding hydrogens is 528 g/mol. The Morgan fingerprint density at radius 3 is 2.53 bits per heavy atom. The van der Waals surface area contributed by atoms with Crippen molar-refractivity contribution in [1.29, 1.82) is 0 Å². The monoisotopic (exact) mass is 553 g/mol. The van der Waals surface area contributed by atoms with Gasteiger partial charge in [0.05, 0.1) is 6.04 Å². The number of nitrogens with one attached hydrogen (secondary N) is 1. The minimum atomic E-state index is -1.40. The van der Waals surface area contributed by atoms with Gasteiger partial charge in [0, 0.05) is 42.2 Å². The maximum Gasteiger partial charge on any atom is 0.241 e. The number of carbonyl (C=O) groups excluding carboxylic acids is 3. The molecule has 1 N–H and O–H groups in total. The Labute approximate surface area is 230 Å². The third-order valence-electron chi connectivity index (χ3n) is 7.63. The van der Waals surface area contributed by atoms with Crippen molar-refractivity contribution in [3.8, 4) is 0 Å². The highest BCUT2D eigenvalue weighted by atomic mass is 35.5. The van der Waals surface area contributed by atoms with Gasteiger partial charge in [0.1, 0.15) is 17.8 Å². The summed E-state index contributed by atoms with van der Waals surface area (Å²) in [6.45, 7) is 1.59. The summed E-state index contributed by atoms with van der Waals surface area (Å²) in [4.78, 5) is 44.0. The predicted molar refractivity (Wildman–Crippen MR) is 145 cm³/mol. The first-order valence-corrected chi connectivity index (χ1v) is 12.9. The molecular formula is C29H26Cl2FN3O3. The van der Waals surface area contributed by atoms with Crippen molar-refractivity contribution >= 4 is 46.6 Å². The molecule has 3 amide bonds. The first-order valence-electron chi connectivity index (χ1n) is 12.2. The van der Waals surface area contributed by atoms with Crippen LogP contribution in [0.5, 0.6) is 0 Å². The molecule has 0 aliphatic carbocycles. The third kappa shape index (κ3) is 4.14. The molecule has 2 heterocycles. The standard InChI is InChI=1S/C29H26Cl2FN3O3/c1-16-7-9-20(32)13-21(16)23-14-25(36)35(15-26(37)34(2)3)27(17-5-4-6-18(30)11-17)29(23)22-10-8-19(31)12-24(22)33-28(29)38/h4-13,23,27H,14-15H2,1-3H3,(H,33,38)/t23-,27-,29-/m1/s1. The number of hydrogen-bond donors (Lipinski definition) is 1. The van der Waals surface area contributed by atoms with E-state index >= 15 is 0 Å². The summed E-state index contributed by atoms with van der Waals surface area (Å²) in [7, 11) is 3.22. The summed E-state index contributed by atoms with van der Waals surface area (Å²) in [6.07, 6.45) is -0.0996. The van der Waals surface area contributed by atoms with Gasteiger partial charge in [-0.25, -0.2) is 4.39 Å². The van der Waals surface area contributed by atoms with Crippen LogP contribution >= 0.6 is 23.2 Å². The number of piperidine rings is 1. The zero-order valence-corrected chi connectivity index (χ0v) is 22.6. The molecule has 3 atom stereocenters. The maximum atomic E-state index is 14.7. The number of halogens is 3. The van der Waals surface area contributed by atoms with Crippen LogP contribution in [-0.4, -0.2) is 48.2 Å². The fraction of sp³-hybridized carbons (Fsp3) is 0.276. The molecule has 196 valence electrons. The molecule has 1 saturated heterocycles. The van der Waals surface area contributed by atoms with Gasteiger partial charge in [-0.3, -0.25) is 14.4 Å². The summed E-state index contributed by atoms with van der Waals surface area (Å²) >= 11 is 12.7. The second-order valence-corrected chi connectivity index (χ2v) is 10.9. The average molecular weight is 554 g/mol. The molecule has 9 heteroatoms. The van der Waals surface area contributed by atoms with Crippen molar-refractivity contribution in [3.05, 3.63) is 98.8 Å². The Hall–Kier alpha value is -3.42. The van der Waals surface area contributed by atoms with Crippen molar-refractivity contribution in [3.63, 3.8) is 0 Å². The van der Waals surface area contributed by atoms with Crippen LogP contribution in [0, 0.1) is 12.7 Å². The zero-order chi connectivity index (χ0) is 27.4. The molecule has 1 fully saturated rings. The number of amides is 3. The number of fused-ring (bicyclic) bond motifs is 2. The zero-order valence-electron chi connectivity index (χ0n) is 21.1. The minimum Gasteiger partial charge on any atom is -0.347 e. The predicted octanol–water partition coefficient (Wildman–Crippen LogP) is 5.48. The number of likely N-dealkylation sites (N-methyl/N-ethyl adjacent to an activating group) is 1. The van der Waals surface area contributed by atoms with Crippen molar-refractivity contribution in [2.75, 3.05) is 26.0 Å². The molecule has 5 rings (SSSR count). The van der Waals surface area contributed by atoms with E-state index in [2.05, 4.69) is 5.32 Å². The van der Waals surface area contributed by atoms with Crippen molar-refractivity contribution in [2.45, 2.75) is 30.7 Å². The van der Waals surface area contributed by atoms with Gasteiger partial charge in [0.25, 0.3) is 0 Å². The van der Waals surface area contributed by atoms with E-state index in [-0.39, 0.29) is 30.7 Å². The highest BCUT2D eigenvalue weighted by molar-refractivity contribution is 6.31. The fourth-order valence-electron chi connectivity index (χ4n) is 5.91. The quantitative estimate of drug-likeness (QED) is 0.465. The molecule has 0 aromatic heterocycles. The highest BCUT2D eigenvalue weighted by Gasteiger charge is 2.63. The van der Waals surface area contributed by atoms with Crippen LogP contribution in [0.15, 0.2) is 60.7 Å². The molecule has 0 radical (unpaired) electrons. The highest BCUT2D eigenvalue weighted by Crippen LogP contribution is 2.60. The van der Waals surface area contributed by atoms with Crippen molar-refractivity contribution < 1.29 is 18.8 Å². The summed E-state index contributed by atoms with van der Waals surface area (Å²) in [5, 5.41) is 3.83. The van der Waals surface area contributed by atoms with E-state index < -0.39 is 23.2 Å². The summed E-state index contributed by atoms with van der Waals surface area (Å²) in [5.74, 6) is -2.17. The molecule has 0 unspecified atom stereocenters. The smallest absolute Gasteiger partial charge is 0.241 e. The number of aryl methyl sites for hydroxylation is 1. The summed E-state index contributed by atoms with van der Waals surface area (Å²) in [6, 6.07) is 15.6. The van der Waals surface area contributed by atoms with Crippen LogP contribution in [0.25, 0.3) is 0 Å². The summed E-state index contributed by atoms with van der Waals surface area (Å²) < 4.78 is 14.7.